The molecule has 2 N–H and O–H groups in total. The molecule has 0 unspecified atom stereocenters. The molecule has 0 spiro atoms. The number of H-pyrrole nitrogens is 1. The summed E-state index contributed by atoms with van der Waals surface area (Å²) in [6, 6.07) is 8.53. The molecule has 0 saturated heterocycles. The zero-order valence-electron chi connectivity index (χ0n) is 11.3. The number of imidazole rings is 1. The fourth-order valence-electron chi connectivity index (χ4n) is 2.58. The smallest absolute Gasteiger partial charge is 0.0922 e. The predicted molar refractivity (Wildman–Crippen MR) is 76.8 cm³/mol. The molecular weight excluding hydrogens is 236 g/mol. The van der Waals surface area contributed by atoms with E-state index in [4.69, 9.17) is 0 Å². The van der Waals surface area contributed by atoms with Crippen LogP contribution in [0.4, 0.5) is 0 Å². The highest BCUT2D eigenvalue weighted by atomic mass is 15.0. The van der Waals surface area contributed by atoms with Gasteiger partial charge in [-0.1, -0.05) is 18.2 Å². The second-order valence-corrected chi connectivity index (χ2v) is 4.83. The minimum Gasteiger partial charge on any atom is -0.347 e. The van der Waals surface area contributed by atoms with Gasteiger partial charge in [-0.3, -0.25) is 0 Å². The molecule has 19 heavy (non-hydrogen) atoms. The molecule has 4 heteroatoms. The molecule has 0 radical (unpaired) electrons. The summed E-state index contributed by atoms with van der Waals surface area (Å²) in [6.07, 6.45) is 3.56. The standard InChI is InChI=1S/C15H18N4/c1-11-13-5-3-4-6-14(13)19(2)15(11)9-16-7-12-8-17-10-18-12/h3-6,8,10,16H,7,9H2,1-2H3,(H,17,18). The van der Waals surface area contributed by atoms with E-state index in [2.05, 4.69) is 58.1 Å². The van der Waals surface area contributed by atoms with Crippen molar-refractivity contribution in [3.8, 4) is 0 Å². The summed E-state index contributed by atoms with van der Waals surface area (Å²) in [6.45, 7) is 3.85. The van der Waals surface area contributed by atoms with Gasteiger partial charge in [-0.15, -0.1) is 0 Å². The van der Waals surface area contributed by atoms with E-state index in [9.17, 15) is 0 Å². The molecule has 2 aromatic heterocycles. The fourth-order valence-corrected chi connectivity index (χ4v) is 2.58. The number of benzene rings is 1. The van der Waals surface area contributed by atoms with Crippen LogP contribution in [0.1, 0.15) is 17.0 Å². The minimum absolute atomic E-state index is 0.807. The maximum atomic E-state index is 4.02. The first-order chi connectivity index (χ1) is 9.27. The summed E-state index contributed by atoms with van der Waals surface area (Å²) >= 11 is 0. The molecular formula is C15H18N4. The molecule has 0 bridgehead atoms. The number of hydrogen-bond acceptors (Lipinski definition) is 2. The van der Waals surface area contributed by atoms with Gasteiger partial charge in [0.05, 0.1) is 6.33 Å². The molecule has 0 aliphatic heterocycles. The molecule has 4 nitrogen and oxygen atoms in total. The highest BCUT2D eigenvalue weighted by molar-refractivity contribution is 5.85. The topological polar surface area (TPSA) is 45.6 Å². The Morgan fingerprint density at radius 3 is 2.84 bits per heavy atom. The molecule has 0 amide bonds. The van der Waals surface area contributed by atoms with Crippen LogP contribution in [-0.4, -0.2) is 14.5 Å². The molecule has 98 valence electrons. The summed E-state index contributed by atoms with van der Waals surface area (Å²) in [4.78, 5) is 7.12. The molecule has 1 aromatic carbocycles. The summed E-state index contributed by atoms with van der Waals surface area (Å²) in [5.74, 6) is 0. The van der Waals surface area contributed by atoms with E-state index in [1.165, 1.54) is 22.2 Å². The molecule has 2 heterocycles. The van der Waals surface area contributed by atoms with Crippen molar-refractivity contribution in [2.75, 3.05) is 0 Å². The lowest BCUT2D eigenvalue weighted by molar-refractivity contribution is 0.648. The normalized spacial score (nSPS) is 11.3. The van der Waals surface area contributed by atoms with Crippen LogP contribution in [0.3, 0.4) is 0 Å². The SMILES string of the molecule is Cc1c(CNCc2cnc[nH]2)n(C)c2ccccc12. The second kappa shape index (κ2) is 4.90. The van der Waals surface area contributed by atoms with Gasteiger partial charge in [0.25, 0.3) is 0 Å². The lowest BCUT2D eigenvalue weighted by Crippen LogP contribution is -2.15. The third kappa shape index (κ3) is 2.15. The molecule has 0 saturated carbocycles. The maximum absolute atomic E-state index is 4.02. The second-order valence-electron chi connectivity index (χ2n) is 4.83. The monoisotopic (exact) mass is 254 g/mol. The first kappa shape index (κ1) is 12.0. The average molecular weight is 254 g/mol. The summed E-state index contributed by atoms with van der Waals surface area (Å²) in [5, 5.41) is 4.79. The number of para-hydroxylation sites is 1. The predicted octanol–water partition coefficient (Wildman–Crippen LogP) is 2.50. The quantitative estimate of drug-likeness (QED) is 0.751. The molecule has 0 aliphatic carbocycles. The average Bonchev–Trinajstić information content (AvgIpc) is 3.02. The number of aryl methyl sites for hydroxylation is 2. The van der Waals surface area contributed by atoms with Gasteiger partial charge in [-0.25, -0.2) is 4.98 Å². The van der Waals surface area contributed by atoms with E-state index in [1.807, 2.05) is 6.20 Å². The Kier molecular flexibility index (Phi) is 3.09. The zero-order valence-corrected chi connectivity index (χ0v) is 11.3. The number of rotatable bonds is 4. The maximum Gasteiger partial charge on any atom is 0.0922 e. The lowest BCUT2D eigenvalue weighted by Gasteiger charge is -2.07. The molecule has 0 fully saturated rings. The van der Waals surface area contributed by atoms with Crippen LogP contribution >= 0.6 is 0 Å². The number of nitrogens with zero attached hydrogens (tertiary/aromatic N) is 2. The van der Waals surface area contributed by atoms with Crippen molar-refractivity contribution in [3.05, 3.63) is 53.7 Å². The zero-order chi connectivity index (χ0) is 13.2. The molecule has 3 aromatic rings. The first-order valence-electron chi connectivity index (χ1n) is 6.48. The van der Waals surface area contributed by atoms with Gasteiger partial charge in [0.15, 0.2) is 0 Å². The van der Waals surface area contributed by atoms with Crippen molar-refractivity contribution in [2.24, 2.45) is 7.05 Å². The van der Waals surface area contributed by atoms with E-state index in [1.54, 1.807) is 6.33 Å². The van der Waals surface area contributed by atoms with Crippen LogP contribution in [0.2, 0.25) is 0 Å². The van der Waals surface area contributed by atoms with E-state index < -0.39 is 0 Å². The Bertz CT molecular complexity index is 641. The van der Waals surface area contributed by atoms with Crippen LogP contribution in [-0.2, 0) is 20.1 Å². The highest BCUT2D eigenvalue weighted by Gasteiger charge is 2.10. The fraction of sp³-hybridized carbons (Fsp3) is 0.267. The van der Waals surface area contributed by atoms with Gasteiger partial charge in [-0.2, -0.15) is 0 Å². The van der Waals surface area contributed by atoms with Crippen molar-refractivity contribution in [1.29, 1.82) is 0 Å². The van der Waals surface area contributed by atoms with Crippen LogP contribution < -0.4 is 5.32 Å². The van der Waals surface area contributed by atoms with E-state index in [0.29, 0.717) is 0 Å². The molecule has 0 aliphatic rings. The van der Waals surface area contributed by atoms with E-state index >= 15 is 0 Å². The third-order valence-corrected chi connectivity index (χ3v) is 3.67. The third-order valence-electron chi connectivity index (χ3n) is 3.67. The van der Waals surface area contributed by atoms with Crippen LogP contribution in [0.5, 0.6) is 0 Å². The summed E-state index contributed by atoms with van der Waals surface area (Å²) < 4.78 is 2.27. The van der Waals surface area contributed by atoms with Gasteiger partial charge in [0, 0.05) is 48.6 Å². The lowest BCUT2D eigenvalue weighted by atomic mass is 10.1. The minimum atomic E-state index is 0.807. The van der Waals surface area contributed by atoms with Gasteiger partial charge in [-0.05, 0) is 18.6 Å². The Hall–Kier alpha value is -2.07. The Morgan fingerprint density at radius 2 is 2.11 bits per heavy atom. The van der Waals surface area contributed by atoms with Gasteiger partial charge in [0.2, 0.25) is 0 Å². The van der Waals surface area contributed by atoms with Crippen molar-refractivity contribution in [3.63, 3.8) is 0 Å². The Morgan fingerprint density at radius 1 is 1.26 bits per heavy atom. The number of hydrogen-bond donors (Lipinski definition) is 2. The highest BCUT2D eigenvalue weighted by Crippen LogP contribution is 2.24. The largest absolute Gasteiger partial charge is 0.347 e. The number of aromatic amines is 1. The number of nitrogens with one attached hydrogen (secondary N) is 2. The summed E-state index contributed by atoms with van der Waals surface area (Å²) in [7, 11) is 2.13. The van der Waals surface area contributed by atoms with Crippen molar-refractivity contribution < 1.29 is 0 Å². The van der Waals surface area contributed by atoms with E-state index in [-0.39, 0.29) is 0 Å². The van der Waals surface area contributed by atoms with Crippen LogP contribution in [0.25, 0.3) is 10.9 Å². The number of aromatic nitrogens is 3. The van der Waals surface area contributed by atoms with Crippen LogP contribution in [0.15, 0.2) is 36.8 Å². The molecule has 3 rings (SSSR count). The van der Waals surface area contributed by atoms with Crippen molar-refractivity contribution >= 4 is 10.9 Å². The summed E-state index contributed by atoms with van der Waals surface area (Å²) in [5.41, 5.74) is 5.09. The number of fused-ring (bicyclic) bond motifs is 1. The van der Waals surface area contributed by atoms with Gasteiger partial charge < -0.3 is 14.9 Å². The Balaban J connectivity index is 1.81. The van der Waals surface area contributed by atoms with Crippen molar-refractivity contribution in [1.82, 2.24) is 19.9 Å². The first-order valence-corrected chi connectivity index (χ1v) is 6.48. The molecule has 0 atom stereocenters. The van der Waals surface area contributed by atoms with E-state index in [0.717, 1.165) is 18.8 Å². The van der Waals surface area contributed by atoms with Gasteiger partial charge >= 0.3 is 0 Å². The van der Waals surface area contributed by atoms with Crippen LogP contribution in [0, 0.1) is 6.92 Å². The Labute approximate surface area is 112 Å². The van der Waals surface area contributed by atoms with Gasteiger partial charge in [0.1, 0.15) is 0 Å². The van der Waals surface area contributed by atoms with Crippen molar-refractivity contribution in [2.45, 2.75) is 20.0 Å².